The highest BCUT2D eigenvalue weighted by Crippen LogP contribution is 2.67. The van der Waals surface area contributed by atoms with Crippen molar-refractivity contribution in [2.75, 3.05) is 26.7 Å². The molecule has 3 saturated carbocycles. The Morgan fingerprint density at radius 1 is 1.26 bits per heavy atom. The molecule has 0 radical (unpaired) electrons. The van der Waals surface area contributed by atoms with Gasteiger partial charge in [-0.15, -0.1) is 4.48 Å². The first-order valence-corrected chi connectivity index (χ1v) is 15.8. The minimum atomic E-state index is -0.196. The summed E-state index contributed by atoms with van der Waals surface area (Å²) in [7, 11) is 2.12. The van der Waals surface area contributed by atoms with Crippen LogP contribution in [0.15, 0.2) is 23.9 Å². The van der Waals surface area contributed by atoms with Gasteiger partial charge < -0.3 is 11.1 Å². The molecule has 0 aromatic heterocycles. The standard InChI is InChI=1S/C32H53FN4OS/c1-7-15-30(4)24(14-20-38)10-17-32(34)28-9-8-25(31(28,5)16-11-29(30)32)23(3)36(6)21-22(2)37(33)19-13-26-27(39)12-18-35-26/h14,20,23,25-26,28-29,35H,2,7-13,15-19,21,34H2,1,3-6H3/b24-14-. The van der Waals surface area contributed by atoms with Gasteiger partial charge in [0.25, 0.3) is 0 Å². The zero-order chi connectivity index (χ0) is 28.6. The van der Waals surface area contributed by atoms with Crippen molar-refractivity contribution in [3.05, 3.63) is 23.9 Å². The average molecular weight is 561 g/mol. The maximum absolute atomic E-state index is 15.0. The quantitative estimate of drug-likeness (QED) is 0.140. The summed E-state index contributed by atoms with van der Waals surface area (Å²) in [4.78, 5) is 14.8. The molecule has 0 aromatic rings. The van der Waals surface area contributed by atoms with E-state index in [4.69, 9.17) is 18.0 Å². The van der Waals surface area contributed by atoms with E-state index in [1.165, 1.54) is 12.0 Å². The Labute approximate surface area is 242 Å². The van der Waals surface area contributed by atoms with Gasteiger partial charge in [0.05, 0.1) is 12.2 Å². The van der Waals surface area contributed by atoms with Gasteiger partial charge in [0.15, 0.2) is 0 Å². The van der Waals surface area contributed by atoms with Gasteiger partial charge in [-0.1, -0.05) is 51.6 Å². The fourth-order valence-corrected chi connectivity index (χ4v) is 10.0. The Hall–Kier alpha value is -1.15. The lowest BCUT2D eigenvalue weighted by molar-refractivity contribution is -0.104. The van der Waals surface area contributed by atoms with Crippen LogP contribution in [0.3, 0.4) is 0 Å². The SMILES string of the molecule is C=C(CN(C)C(C)C1CCC2C1(C)CCC1C(C)(CCC)/C(=C\C=O)CCC12N)N(F)CCC1NCCC1=S. The first kappa shape index (κ1) is 30.8. The Kier molecular flexibility index (Phi) is 9.47. The smallest absolute Gasteiger partial charge is 0.142 e. The molecule has 8 unspecified atom stereocenters. The predicted molar refractivity (Wildman–Crippen MR) is 163 cm³/mol. The molecule has 0 aromatic carbocycles. The summed E-state index contributed by atoms with van der Waals surface area (Å²) in [6.07, 6.45) is 13.1. The largest absolute Gasteiger partial charge is 0.325 e. The number of hydrogen-bond donors (Lipinski definition) is 2. The van der Waals surface area contributed by atoms with Crippen molar-refractivity contribution in [1.82, 2.24) is 15.3 Å². The van der Waals surface area contributed by atoms with E-state index >= 15 is 0 Å². The number of thiocarbonyl (C=S) groups is 1. The van der Waals surface area contributed by atoms with Crippen LogP contribution >= 0.6 is 12.2 Å². The number of fused-ring (bicyclic) bond motifs is 3. The number of carbonyl (C=O) groups excluding carboxylic acids is 1. The Balaban J connectivity index is 1.43. The highest BCUT2D eigenvalue weighted by atomic mass is 32.1. The molecule has 1 saturated heterocycles. The normalized spacial score (nSPS) is 40.0. The van der Waals surface area contributed by atoms with E-state index in [1.54, 1.807) is 0 Å². The van der Waals surface area contributed by atoms with E-state index in [0.29, 0.717) is 49.0 Å². The van der Waals surface area contributed by atoms with Crippen molar-refractivity contribution in [3.63, 3.8) is 0 Å². The molecule has 3 aliphatic carbocycles. The molecule has 8 atom stereocenters. The molecule has 39 heavy (non-hydrogen) atoms. The summed E-state index contributed by atoms with van der Waals surface area (Å²) < 4.78 is 15.0. The molecule has 1 heterocycles. The van der Waals surface area contributed by atoms with E-state index in [9.17, 15) is 9.28 Å². The van der Waals surface area contributed by atoms with E-state index in [1.807, 2.05) is 6.08 Å². The van der Waals surface area contributed by atoms with Crippen LogP contribution in [0.25, 0.3) is 0 Å². The van der Waals surface area contributed by atoms with Crippen LogP contribution in [0.1, 0.15) is 91.9 Å². The van der Waals surface area contributed by atoms with Crippen LogP contribution < -0.4 is 11.1 Å². The first-order valence-electron chi connectivity index (χ1n) is 15.4. The highest BCUT2D eigenvalue weighted by molar-refractivity contribution is 7.80. The number of likely N-dealkylation sites (N-methyl/N-ethyl adjacent to an activating group) is 1. The molecule has 0 amide bonds. The first-order chi connectivity index (χ1) is 18.4. The van der Waals surface area contributed by atoms with Crippen molar-refractivity contribution in [2.45, 2.75) is 110 Å². The topological polar surface area (TPSA) is 61.6 Å². The molecule has 220 valence electrons. The molecule has 7 heteroatoms. The third kappa shape index (κ3) is 5.54. The van der Waals surface area contributed by atoms with Crippen molar-refractivity contribution in [3.8, 4) is 0 Å². The summed E-state index contributed by atoms with van der Waals surface area (Å²) >= 11 is 5.41. The number of carbonyl (C=O) groups is 1. The summed E-state index contributed by atoms with van der Waals surface area (Å²) in [5.41, 5.74) is 9.35. The third-order valence-corrected chi connectivity index (χ3v) is 12.4. The van der Waals surface area contributed by atoms with Crippen molar-refractivity contribution in [2.24, 2.45) is 34.3 Å². The Morgan fingerprint density at radius 2 is 2.00 bits per heavy atom. The minimum Gasteiger partial charge on any atom is -0.325 e. The van der Waals surface area contributed by atoms with Gasteiger partial charge >= 0.3 is 0 Å². The number of allylic oxidation sites excluding steroid dienone is 2. The number of nitrogens with two attached hydrogens (primary N) is 1. The zero-order valence-corrected chi connectivity index (χ0v) is 25.9. The van der Waals surface area contributed by atoms with Crippen LogP contribution in [0.4, 0.5) is 4.48 Å². The zero-order valence-electron chi connectivity index (χ0n) is 25.1. The minimum absolute atomic E-state index is 0.00453. The van der Waals surface area contributed by atoms with Gasteiger partial charge in [-0.05, 0) is 106 Å². The number of aldehydes is 1. The van der Waals surface area contributed by atoms with Crippen LogP contribution in [-0.4, -0.2) is 65.5 Å². The second-order valence-electron chi connectivity index (χ2n) is 13.8. The molecular weight excluding hydrogens is 507 g/mol. The van der Waals surface area contributed by atoms with Crippen LogP contribution in [-0.2, 0) is 4.79 Å². The van der Waals surface area contributed by atoms with Gasteiger partial charge in [0.2, 0.25) is 0 Å². The molecule has 1 aliphatic heterocycles. The van der Waals surface area contributed by atoms with Crippen LogP contribution in [0.5, 0.6) is 0 Å². The molecular formula is C32H53FN4OS. The van der Waals surface area contributed by atoms with Gasteiger partial charge in [0, 0.05) is 35.6 Å². The van der Waals surface area contributed by atoms with Crippen molar-refractivity contribution >= 4 is 23.4 Å². The average Bonchev–Trinajstić information content (AvgIpc) is 3.46. The lowest BCUT2D eigenvalue weighted by atomic mass is 9.44. The summed E-state index contributed by atoms with van der Waals surface area (Å²) in [5, 5.41) is 4.19. The van der Waals surface area contributed by atoms with E-state index in [0.717, 1.165) is 74.2 Å². The number of nitrogens with one attached hydrogen (secondary N) is 1. The fourth-order valence-electron chi connectivity index (χ4n) is 9.73. The lowest BCUT2D eigenvalue weighted by Crippen LogP contribution is -2.66. The molecule has 4 aliphatic rings. The van der Waals surface area contributed by atoms with Crippen molar-refractivity contribution < 1.29 is 9.28 Å². The Morgan fingerprint density at radius 3 is 2.64 bits per heavy atom. The van der Waals surface area contributed by atoms with Crippen LogP contribution in [0, 0.1) is 28.6 Å². The predicted octanol–water partition coefficient (Wildman–Crippen LogP) is 5.99. The number of halogens is 1. The molecule has 4 rings (SSSR count). The van der Waals surface area contributed by atoms with Crippen molar-refractivity contribution in [1.29, 1.82) is 0 Å². The van der Waals surface area contributed by atoms with Crippen LogP contribution in [0.2, 0.25) is 0 Å². The fraction of sp³-hybridized carbons (Fsp3) is 0.812. The van der Waals surface area contributed by atoms with Gasteiger partial charge in [-0.3, -0.25) is 9.69 Å². The number of rotatable bonds is 11. The molecule has 0 bridgehead atoms. The highest BCUT2D eigenvalue weighted by Gasteiger charge is 2.64. The monoisotopic (exact) mass is 560 g/mol. The second kappa shape index (κ2) is 12.0. The summed E-state index contributed by atoms with van der Waals surface area (Å²) in [5.74, 6) is 1.40. The second-order valence-corrected chi connectivity index (χ2v) is 14.3. The van der Waals surface area contributed by atoms with Gasteiger partial charge in [-0.2, -0.15) is 0 Å². The molecule has 0 spiro atoms. The molecule has 5 nitrogen and oxygen atoms in total. The van der Waals surface area contributed by atoms with Gasteiger partial charge in [-0.25, -0.2) is 5.12 Å². The molecule has 4 fully saturated rings. The maximum atomic E-state index is 15.0. The Bertz CT molecular complexity index is 972. The van der Waals surface area contributed by atoms with E-state index < -0.39 is 0 Å². The molecule has 3 N–H and O–H groups in total. The van der Waals surface area contributed by atoms with E-state index in [2.05, 4.69) is 51.5 Å². The van der Waals surface area contributed by atoms with E-state index in [-0.39, 0.29) is 22.4 Å². The number of hydrogen-bond acceptors (Lipinski definition) is 6. The summed E-state index contributed by atoms with van der Waals surface area (Å²) in [6, 6.07) is 0.450. The number of nitrogens with zero attached hydrogens (tertiary/aromatic N) is 2. The lowest BCUT2D eigenvalue weighted by Gasteiger charge is -2.63. The maximum Gasteiger partial charge on any atom is 0.142 e. The summed E-state index contributed by atoms with van der Waals surface area (Å²) in [6.45, 7) is 15.3. The third-order valence-electron chi connectivity index (χ3n) is 11.9. The van der Waals surface area contributed by atoms with Gasteiger partial charge in [0.1, 0.15) is 6.29 Å².